The van der Waals surface area contributed by atoms with Gasteiger partial charge in [-0.05, 0) is 19.9 Å². The molecule has 1 N–H and O–H groups in total. The first kappa shape index (κ1) is 19.0. The molecule has 2 rings (SSSR count). The lowest BCUT2D eigenvalue weighted by molar-refractivity contribution is -0.131. The Morgan fingerprint density at radius 1 is 1.16 bits per heavy atom. The Bertz CT molecular complexity index is 882. The molecule has 0 unspecified atom stereocenters. The van der Waals surface area contributed by atoms with Crippen molar-refractivity contribution in [3.8, 4) is 0 Å². The van der Waals surface area contributed by atoms with E-state index in [0.717, 1.165) is 0 Å². The van der Waals surface area contributed by atoms with E-state index in [1.807, 2.05) is 13.8 Å². The van der Waals surface area contributed by atoms with Gasteiger partial charge in [0.25, 0.3) is 0 Å². The summed E-state index contributed by atoms with van der Waals surface area (Å²) in [6, 6.07) is 6.97. The third-order valence-electron chi connectivity index (χ3n) is 4.11. The van der Waals surface area contributed by atoms with Gasteiger partial charge in [0.1, 0.15) is 12.3 Å². The van der Waals surface area contributed by atoms with Gasteiger partial charge in [0, 0.05) is 37.2 Å². The van der Waals surface area contributed by atoms with Crippen LogP contribution in [0.2, 0.25) is 0 Å². The van der Waals surface area contributed by atoms with E-state index in [4.69, 9.17) is 0 Å². The molecule has 2 amide bonds. The number of hydrogen-bond acceptors (Lipinski definition) is 4. The summed E-state index contributed by atoms with van der Waals surface area (Å²) >= 11 is 0. The number of sulfone groups is 1. The summed E-state index contributed by atoms with van der Waals surface area (Å²) in [5.74, 6) is -1.28. The molecule has 7 nitrogen and oxygen atoms in total. The topological polar surface area (TPSA) is 88.5 Å². The average molecular weight is 365 g/mol. The second-order valence-electron chi connectivity index (χ2n) is 5.64. The third kappa shape index (κ3) is 4.01. The highest BCUT2D eigenvalue weighted by Gasteiger charge is 2.24. The minimum atomic E-state index is -3.80. The number of amides is 2. The molecular formula is C17H23N3O4S. The van der Waals surface area contributed by atoms with Crippen LogP contribution in [-0.4, -0.2) is 55.6 Å². The van der Waals surface area contributed by atoms with Crippen LogP contribution in [0, 0.1) is 0 Å². The zero-order chi connectivity index (χ0) is 18.6. The number of rotatable bonds is 7. The SMILES string of the molecule is CCN(CC)C(=O)Cn1cc(S(=O)(=O)CC(=O)NC)c2ccccc21. The van der Waals surface area contributed by atoms with Crippen LogP contribution in [0.25, 0.3) is 10.9 Å². The van der Waals surface area contributed by atoms with Gasteiger partial charge in [-0.3, -0.25) is 9.59 Å². The fourth-order valence-electron chi connectivity index (χ4n) is 2.74. The van der Waals surface area contributed by atoms with Crippen molar-refractivity contribution in [3.63, 3.8) is 0 Å². The van der Waals surface area contributed by atoms with E-state index in [0.29, 0.717) is 24.0 Å². The van der Waals surface area contributed by atoms with Crippen LogP contribution in [-0.2, 0) is 26.0 Å². The van der Waals surface area contributed by atoms with Crippen molar-refractivity contribution in [2.45, 2.75) is 25.3 Å². The minimum absolute atomic E-state index is 0.0533. The summed E-state index contributed by atoms with van der Waals surface area (Å²) in [5, 5.41) is 2.84. The number of hydrogen-bond donors (Lipinski definition) is 1. The predicted molar refractivity (Wildman–Crippen MR) is 96.0 cm³/mol. The van der Waals surface area contributed by atoms with E-state index in [2.05, 4.69) is 5.32 Å². The highest BCUT2D eigenvalue weighted by atomic mass is 32.2. The molecule has 0 saturated carbocycles. The molecule has 0 radical (unpaired) electrons. The Morgan fingerprint density at radius 3 is 2.40 bits per heavy atom. The summed E-state index contributed by atoms with van der Waals surface area (Å²) in [6.07, 6.45) is 1.45. The normalized spacial score (nSPS) is 11.5. The molecule has 2 aromatic rings. The van der Waals surface area contributed by atoms with Crippen LogP contribution < -0.4 is 5.32 Å². The molecule has 0 atom stereocenters. The molecule has 0 aliphatic heterocycles. The predicted octanol–water partition coefficient (Wildman–Crippen LogP) is 1.03. The van der Waals surface area contributed by atoms with Gasteiger partial charge in [0.05, 0.1) is 4.90 Å². The smallest absolute Gasteiger partial charge is 0.242 e. The first-order valence-electron chi connectivity index (χ1n) is 8.13. The van der Waals surface area contributed by atoms with Crippen molar-refractivity contribution in [1.82, 2.24) is 14.8 Å². The molecule has 1 aromatic heterocycles. The molecule has 25 heavy (non-hydrogen) atoms. The molecule has 0 fully saturated rings. The number of aromatic nitrogens is 1. The van der Waals surface area contributed by atoms with Crippen molar-refractivity contribution < 1.29 is 18.0 Å². The van der Waals surface area contributed by atoms with Crippen LogP contribution in [0.5, 0.6) is 0 Å². The Kier molecular flexibility index (Phi) is 5.84. The second-order valence-corrected chi connectivity index (χ2v) is 7.59. The van der Waals surface area contributed by atoms with Crippen LogP contribution >= 0.6 is 0 Å². The van der Waals surface area contributed by atoms with Crippen LogP contribution in [0.3, 0.4) is 0 Å². The maximum Gasteiger partial charge on any atom is 0.242 e. The van der Waals surface area contributed by atoms with Crippen molar-refractivity contribution in [3.05, 3.63) is 30.5 Å². The monoisotopic (exact) mass is 365 g/mol. The number of carbonyl (C=O) groups is 2. The molecule has 0 bridgehead atoms. The van der Waals surface area contributed by atoms with Crippen molar-refractivity contribution >= 4 is 32.6 Å². The number of carbonyl (C=O) groups excluding carboxylic acids is 2. The van der Waals surface area contributed by atoms with Gasteiger partial charge >= 0.3 is 0 Å². The maximum atomic E-state index is 12.6. The van der Waals surface area contributed by atoms with E-state index in [-0.39, 0.29) is 17.3 Å². The Hall–Kier alpha value is -2.35. The van der Waals surface area contributed by atoms with E-state index < -0.39 is 21.5 Å². The molecule has 0 aliphatic carbocycles. The lowest BCUT2D eigenvalue weighted by Crippen LogP contribution is -2.33. The number of fused-ring (bicyclic) bond motifs is 1. The Balaban J connectivity index is 2.48. The summed E-state index contributed by atoms with van der Waals surface area (Å²) in [6.45, 7) is 5.03. The van der Waals surface area contributed by atoms with Gasteiger partial charge in [0.2, 0.25) is 11.8 Å². The maximum absolute atomic E-state index is 12.6. The standard InChI is InChI=1S/C17H23N3O4S/c1-4-19(5-2)17(22)11-20-10-15(13-8-6-7-9-14(13)20)25(23,24)12-16(21)18-3/h6-10H,4-5,11-12H2,1-3H3,(H,18,21). The number of likely N-dealkylation sites (N-methyl/N-ethyl adjacent to an activating group) is 1. The van der Waals surface area contributed by atoms with Gasteiger partial charge in [0.15, 0.2) is 9.84 Å². The fourth-order valence-corrected chi connectivity index (χ4v) is 4.18. The number of para-hydroxylation sites is 1. The van der Waals surface area contributed by atoms with Gasteiger partial charge in [-0.25, -0.2) is 8.42 Å². The number of nitrogens with zero attached hydrogens (tertiary/aromatic N) is 2. The third-order valence-corrected chi connectivity index (χ3v) is 5.75. The van der Waals surface area contributed by atoms with Gasteiger partial charge in [-0.15, -0.1) is 0 Å². The van der Waals surface area contributed by atoms with E-state index >= 15 is 0 Å². The molecule has 1 heterocycles. The number of benzene rings is 1. The largest absolute Gasteiger partial charge is 0.358 e. The second kappa shape index (κ2) is 7.69. The summed E-state index contributed by atoms with van der Waals surface area (Å²) in [7, 11) is -2.41. The molecule has 1 aromatic carbocycles. The van der Waals surface area contributed by atoms with Gasteiger partial charge < -0.3 is 14.8 Å². The lowest BCUT2D eigenvalue weighted by atomic mass is 10.2. The molecule has 8 heteroatoms. The molecule has 0 saturated heterocycles. The summed E-state index contributed by atoms with van der Waals surface area (Å²) in [4.78, 5) is 25.7. The molecule has 0 spiro atoms. The highest BCUT2D eigenvalue weighted by Crippen LogP contribution is 2.26. The Morgan fingerprint density at radius 2 is 1.80 bits per heavy atom. The van der Waals surface area contributed by atoms with E-state index in [9.17, 15) is 18.0 Å². The van der Waals surface area contributed by atoms with Crippen molar-refractivity contribution in [2.75, 3.05) is 25.9 Å². The zero-order valence-corrected chi connectivity index (χ0v) is 15.5. The van der Waals surface area contributed by atoms with E-state index in [1.165, 1.54) is 13.2 Å². The first-order chi connectivity index (χ1) is 11.8. The average Bonchev–Trinajstić information content (AvgIpc) is 2.95. The highest BCUT2D eigenvalue weighted by molar-refractivity contribution is 7.92. The zero-order valence-electron chi connectivity index (χ0n) is 14.7. The van der Waals surface area contributed by atoms with Crippen molar-refractivity contribution in [2.24, 2.45) is 0 Å². The minimum Gasteiger partial charge on any atom is -0.358 e. The number of nitrogens with one attached hydrogen (secondary N) is 1. The quantitative estimate of drug-likeness (QED) is 0.794. The van der Waals surface area contributed by atoms with Crippen LogP contribution in [0.15, 0.2) is 35.4 Å². The summed E-state index contributed by atoms with van der Waals surface area (Å²) in [5.41, 5.74) is 0.651. The van der Waals surface area contributed by atoms with Gasteiger partial charge in [-0.1, -0.05) is 18.2 Å². The summed E-state index contributed by atoms with van der Waals surface area (Å²) < 4.78 is 26.8. The van der Waals surface area contributed by atoms with Gasteiger partial charge in [-0.2, -0.15) is 0 Å². The first-order valence-corrected chi connectivity index (χ1v) is 9.78. The Labute approximate surface area is 147 Å². The fraction of sp³-hybridized carbons (Fsp3) is 0.412. The molecule has 0 aliphatic rings. The molecule has 136 valence electrons. The lowest BCUT2D eigenvalue weighted by Gasteiger charge is -2.19. The van der Waals surface area contributed by atoms with Crippen molar-refractivity contribution in [1.29, 1.82) is 0 Å². The van der Waals surface area contributed by atoms with E-state index in [1.54, 1.807) is 33.7 Å². The van der Waals surface area contributed by atoms with Crippen LogP contribution in [0.4, 0.5) is 0 Å². The molecular weight excluding hydrogens is 342 g/mol. The van der Waals surface area contributed by atoms with Crippen LogP contribution in [0.1, 0.15) is 13.8 Å².